The minimum absolute atomic E-state index is 0.0323. The summed E-state index contributed by atoms with van der Waals surface area (Å²) in [4.78, 5) is 34.1. The van der Waals surface area contributed by atoms with Gasteiger partial charge in [0.1, 0.15) is 17.1 Å². The van der Waals surface area contributed by atoms with E-state index in [4.69, 9.17) is 19.9 Å². The lowest BCUT2D eigenvalue weighted by atomic mass is 9.98. The van der Waals surface area contributed by atoms with Crippen molar-refractivity contribution in [1.29, 1.82) is 0 Å². The fourth-order valence-electron chi connectivity index (χ4n) is 3.59. The number of fused-ring (bicyclic) bond motifs is 1. The third-order valence-corrected chi connectivity index (χ3v) is 5.30. The first-order chi connectivity index (χ1) is 17.3. The molecule has 0 bridgehead atoms. The van der Waals surface area contributed by atoms with Gasteiger partial charge in [0.2, 0.25) is 5.78 Å². The van der Waals surface area contributed by atoms with Gasteiger partial charge >= 0.3 is 0 Å². The van der Waals surface area contributed by atoms with Crippen LogP contribution in [0.3, 0.4) is 0 Å². The molecule has 3 N–H and O–H groups in total. The Morgan fingerprint density at radius 1 is 1.03 bits per heavy atom. The van der Waals surface area contributed by atoms with E-state index < -0.39 is 5.91 Å². The number of aromatic nitrogens is 3. The number of nitrogens with two attached hydrogens (primary N) is 1. The molecular formula is C27H30N4O5. The fourth-order valence-corrected chi connectivity index (χ4v) is 3.59. The van der Waals surface area contributed by atoms with E-state index in [0.717, 1.165) is 22.8 Å². The monoisotopic (exact) mass is 490 g/mol. The van der Waals surface area contributed by atoms with E-state index in [-0.39, 0.29) is 11.9 Å². The molecule has 9 nitrogen and oxygen atoms in total. The van der Waals surface area contributed by atoms with Gasteiger partial charge in [0.05, 0.1) is 32.8 Å². The maximum atomic E-state index is 13.3. The largest absolute Gasteiger partial charge is 0.493 e. The van der Waals surface area contributed by atoms with Gasteiger partial charge in [0.25, 0.3) is 5.91 Å². The highest BCUT2D eigenvalue weighted by Gasteiger charge is 2.19. The highest BCUT2D eigenvalue weighted by molar-refractivity contribution is 6.15. The van der Waals surface area contributed by atoms with Crippen molar-refractivity contribution in [2.75, 3.05) is 14.2 Å². The van der Waals surface area contributed by atoms with E-state index in [9.17, 15) is 9.59 Å². The molecule has 188 valence electrons. The van der Waals surface area contributed by atoms with Crippen LogP contribution in [0.4, 0.5) is 0 Å². The van der Waals surface area contributed by atoms with Crippen molar-refractivity contribution in [1.82, 2.24) is 15.0 Å². The predicted molar refractivity (Wildman–Crippen MR) is 137 cm³/mol. The van der Waals surface area contributed by atoms with Crippen LogP contribution in [0.15, 0.2) is 55.1 Å². The molecule has 0 aliphatic rings. The second-order valence-corrected chi connectivity index (χ2v) is 8.09. The summed E-state index contributed by atoms with van der Waals surface area (Å²) in [5.74, 6) is 1.21. The van der Waals surface area contributed by atoms with Crippen LogP contribution in [0.2, 0.25) is 0 Å². The average molecular weight is 491 g/mol. The first-order valence-corrected chi connectivity index (χ1v) is 11.4. The van der Waals surface area contributed by atoms with Gasteiger partial charge in [-0.3, -0.25) is 14.6 Å². The van der Waals surface area contributed by atoms with Crippen LogP contribution in [-0.2, 0) is 6.42 Å². The number of nitrogens with zero attached hydrogens (tertiary/aromatic N) is 2. The van der Waals surface area contributed by atoms with Crippen molar-refractivity contribution in [3.8, 4) is 17.2 Å². The number of amides is 1. The van der Waals surface area contributed by atoms with Crippen LogP contribution in [0.1, 0.15) is 52.9 Å². The molecule has 0 radical (unpaired) electrons. The molecule has 0 spiro atoms. The molecule has 1 amide bonds. The third kappa shape index (κ3) is 5.99. The quantitative estimate of drug-likeness (QED) is 0.351. The predicted octanol–water partition coefficient (Wildman–Crippen LogP) is 4.34. The summed E-state index contributed by atoms with van der Waals surface area (Å²) in [6, 6.07) is 10.9. The molecule has 0 aliphatic carbocycles. The van der Waals surface area contributed by atoms with Crippen LogP contribution in [0, 0.1) is 0 Å². The lowest BCUT2D eigenvalue weighted by molar-refractivity contribution is 0.0994. The number of pyridine rings is 1. The highest BCUT2D eigenvalue weighted by Crippen LogP contribution is 2.35. The molecular weight excluding hydrogens is 460 g/mol. The van der Waals surface area contributed by atoms with Crippen molar-refractivity contribution in [3.05, 3.63) is 77.6 Å². The molecule has 0 saturated heterocycles. The Kier molecular flexibility index (Phi) is 8.61. The molecule has 2 heterocycles. The number of methoxy groups -OCH3 is 2. The zero-order valence-electron chi connectivity index (χ0n) is 21.0. The van der Waals surface area contributed by atoms with Crippen molar-refractivity contribution < 1.29 is 23.8 Å². The minimum atomic E-state index is -0.484. The van der Waals surface area contributed by atoms with Crippen molar-refractivity contribution in [3.63, 3.8) is 0 Å². The van der Waals surface area contributed by atoms with Gasteiger partial charge in [-0.2, -0.15) is 0 Å². The number of aromatic amines is 1. The number of ether oxygens (including phenoxy) is 3. The molecule has 4 aromatic rings. The molecule has 0 saturated carbocycles. The second kappa shape index (κ2) is 11.8. The van der Waals surface area contributed by atoms with Gasteiger partial charge in [-0.15, -0.1) is 0 Å². The number of hydrogen-bond acceptors (Lipinski definition) is 7. The molecule has 0 atom stereocenters. The zero-order chi connectivity index (χ0) is 26.2. The number of carbonyl (C=O) groups excluding carboxylic acids is 2. The number of ketones is 1. The molecule has 2 aromatic carbocycles. The second-order valence-electron chi connectivity index (χ2n) is 8.09. The molecule has 36 heavy (non-hydrogen) atoms. The lowest BCUT2D eigenvalue weighted by Crippen LogP contribution is -2.10. The Hall–Kier alpha value is -4.40. The number of primary amides is 1. The molecule has 2 aromatic heterocycles. The topological polar surface area (TPSA) is 129 Å². The lowest BCUT2D eigenvalue weighted by Gasteiger charge is -2.14. The summed E-state index contributed by atoms with van der Waals surface area (Å²) in [7, 11) is 3.18. The zero-order valence-corrected chi connectivity index (χ0v) is 21.0. The summed E-state index contributed by atoms with van der Waals surface area (Å²) < 4.78 is 16.6. The number of carbonyl (C=O) groups is 2. The third-order valence-electron chi connectivity index (χ3n) is 5.30. The Labute approximate surface area is 209 Å². The Balaban J connectivity index is 0.000000383. The van der Waals surface area contributed by atoms with Crippen molar-refractivity contribution in [2.24, 2.45) is 5.73 Å². The van der Waals surface area contributed by atoms with Crippen molar-refractivity contribution in [2.45, 2.75) is 33.3 Å². The first-order valence-electron chi connectivity index (χ1n) is 11.4. The minimum Gasteiger partial charge on any atom is -0.493 e. The fraction of sp³-hybridized carbons (Fsp3) is 0.259. The Morgan fingerprint density at radius 3 is 2.25 bits per heavy atom. The van der Waals surface area contributed by atoms with Gasteiger partial charge in [0.15, 0.2) is 11.5 Å². The summed E-state index contributed by atoms with van der Waals surface area (Å²) in [5, 5.41) is 1.69. The van der Waals surface area contributed by atoms with Crippen LogP contribution in [0.5, 0.6) is 17.2 Å². The highest BCUT2D eigenvalue weighted by atomic mass is 16.5. The number of imidazole rings is 1. The smallest absolute Gasteiger partial charge is 0.266 e. The molecule has 4 rings (SSSR count). The number of benzene rings is 2. The van der Waals surface area contributed by atoms with Gasteiger partial charge < -0.3 is 24.9 Å². The van der Waals surface area contributed by atoms with Crippen LogP contribution in [-0.4, -0.2) is 47.0 Å². The van der Waals surface area contributed by atoms with E-state index in [1.807, 2.05) is 38.1 Å². The Morgan fingerprint density at radius 2 is 1.72 bits per heavy atom. The van der Waals surface area contributed by atoms with Crippen LogP contribution >= 0.6 is 0 Å². The van der Waals surface area contributed by atoms with Gasteiger partial charge in [-0.25, -0.2) is 4.98 Å². The van der Waals surface area contributed by atoms with Crippen LogP contribution < -0.4 is 19.9 Å². The van der Waals surface area contributed by atoms with Gasteiger partial charge in [0, 0.05) is 17.1 Å². The average Bonchev–Trinajstić information content (AvgIpc) is 3.42. The maximum Gasteiger partial charge on any atom is 0.266 e. The number of H-pyrrole nitrogens is 1. The normalized spacial score (nSPS) is 10.5. The van der Waals surface area contributed by atoms with E-state index in [0.29, 0.717) is 34.2 Å². The standard InChI is InChI=1S/C23H25NO4.C4H5N3O/c1-6-15-13-24-22(19-12-21(27-5)20(26-4)11-18(15)19)23(25)16-8-7-9-17(10-16)28-14(2)3;5-4(8)3-1-6-2-7-3/h7-14H,6H2,1-5H3;1-2H,(H2,5,8)(H,6,7). The first kappa shape index (κ1) is 26.2. The van der Waals surface area contributed by atoms with Gasteiger partial charge in [-0.05, 0) is 55.5 Å². The van der Waals surface area contributed by atoms with Crippen molar-refractivity contribution >= 4 is 22.5 Å². The van der Waals surface area contributed by atoms with E-state index in [2.05, 4.69) is 21.9 Å². The Bertz CT molecular complexity index is 1350. The summed E-state index contributed by atoms with van der Waals surface area (Å²) in [5.41, 5.74) is 7.15. The number of aryl methyl sites for hydroxylation is 1. The maximum absolute atomic E-state index is 13.3. The molecule has 0 aliphatic heterocycles. The molecule has 0 fully saturated rings. The number of nitrogens with one attached hydrogen (secondary N) is 1. The molecule has 9 heteroatoms. The summed E-state index contributed by atoms with van der Waals surface area (Å²) >= 11 is 0. The molecule has 0 unspecified atom stereocenters. The van der Waals surface area contributed by atoms with Crippen LogP contribution in [0.25, 0.3) is 10.8 Å². The number of rotatable bonds is 8. The SMILES string of the molecule is CCc1cnc(C(=O)c2cccc(OC(C)C)c2)c2cc(OC)c(OC)cc12.NC(=O)c1cnc[nH]1. The van der Waals surface area contributed by atoms with E-state index in [1.54, 1.807) is 32.5 Å². The van der Waals surface area contributed by atoms with E-state index in [1.165, 1.54) is 12.5 Å². The van der Waals surface area contributed by atoms with E-state index >= 15 is 0 Å². The summed E-state index contributed by atoms with van der Waals surface area (Å²) in [6.45, 7) is 5.96. The summed E-state index contributed by atoms with van der Waals surface area (Å²) in [6.07, 6.45) is 5.37. The van der Waals surface area contributed by atoms with Gasteiger partial charge in [-0.1, -0.05) is 19.1 Å². The number of hydrogen-bond donors (Lipinski definition) is 2.